The molecule has 0 aromatic carbocycles. The topological polar surface area (TPSA) is 59.4 Å². The Balaban J connectivity index is 2.48. The predicted molar refractivity (Wildman–Crippen MR) is 49.0 cm³/mol. The first-order valence-corrected chi connectivity index (χ1v) is 4.68. The highest BCUT2D eigenvalue weighted by Crippen LogP contribution is 2.13. The van der Waals surface area contributed by atoms with Gasteiger partial charge in [-0.05, 0) is 0 Å². The monoisotopic (exact) mass is 201 g/mol. The van der Waals surface area contributed by atoms with Gasteiger partial charge in [-0.15, -0.1) is 11.3 Å². The average Bonchev–Trinajstić information content (AvgIpc) is 2.48. The highest BCUT2D eigenvalue weighted by molar-refractivity contribution is 7.11. The largest absolute Gasteiger partial charge is 0.481 e. The van der Waals surface area contributed by atoms with E-state index >= 15 is 0 Å². The molecule has 1 heterocycles. The molecule has 0 fully saturated rings. The number of ether oxygens (including phenoxy) is 1. The van der Waals surface area contributed by atoms with E-state index in [1.807, 2.05) is 0 Å². The van der Waals surface area contributed by atoms with Gasteiger partial charge in [-0.25, -0.2) is 4.98 Å². The van der Waals surface area contributed by atoms with Crippen molar-refractivity contribution in [3.8, 4) is 0 Å². The summed E-state index contributed by atoms with van der Waals surface area (Å²) in [5, 5.41) is 9.44. The van der Waals surface area contributed by atoms with Crippen LogP contribution in [0.15, 0.2) is 6.20 Å². The first kappa shape index (κ1) is 10.1. The lowest BCUT2D eigenvalue weighted by atomic mass is 10.4. The van der Waals surface area contributed by atoms with Crippen molar-refractivity contribution in [2.24, 2.45) is 0 Å². The Bertz CT molecular complexity index is 285. The van der Waals surface area contributed by atoms with E-state index in [4.69, 9.17) is 9.84 Å². The zero-order valence-corrected chi connectivity index (χ0v) is 8.13. The number of carboxylic acid groups (broad SMARTS) is 1. The molecular formula is C8H11NO3S. The second-order valence-corrected chi connectivity index (χ2v) is 3.73. The van der Waals surface area contributed by atoms with Crippen LogP contribution in [0.4, 0.5) is 0 Å². The summed E-state index contributed by atoms with van der Waals surface area (Å²) < 4.78 is 4.89. The highest BCUT2D eigenvalue weighted by Gasteiger charge is 2.05. The van der Waals surface area contributed by atoms with Crippen molar-refractivity contribution in [2.75, 3.05) is 13.7 Å². The number of carbonyl (C=O) groups is 1. The molecule has 1 aromatic heterocycles. The lowest BCUT2D eigenvalue weighted by molar-refractivity contribution is -0.136. The number of nitrogens with zero attached hydrogens (tertiary/aromatic N) is 1. The fraction of sp³-hybridized carbons (Fsp3) is 0.500. The van der Waals surface area contributed by atoms with Crippen LogP contribution >= 0.6 is 11.3 Å². The summed E-state index contributed by atoms with van der Waals surface area (Å²) in [5.41, 5.74) is 0. The van der Waals surface area contributed by atoms with Gasteiger partial charge in [-0.2, -0.15) is 0 Å². The maximum absolute atomic E-state index is 10.3. The molecule has 0 saturated heterocycles. The molecule has 0 radical (unpaired) electrons. The van der Waals surface area contributed by atoms with E-state index in [9.17, 15) is 4.79 Å². The van der Waals surface area contributed by atoms with Crippen molar-refractivity contribution in [1.29, 1.82) is 0 Å². The van der Waals surface area contributed by atoms with Crippen molar-refractivity contribution in [3.63, 3.8) is 0 Å². The lowest BCUT2D eigenvalue weighted by Crippen LogP contribution is -1.97. The first-order chi connectivity index (χ1) is 6.22. The summed E-state index contributed by atoms with van der Waals surface area (Å²) in [6.45, 7) is 0.625. The minimum absolute atomic E-state index is 0.0602. The van der Waals surface area contributed by atoms with Crippen LogP contribution in [0, 0.1) is 0 Å². The molecule has 72 valence electrons. The van der Waals surface area contributed by atoms with Gasteiger partial charge in [0.1, 0.15) is 0 Å². The highest BCUT2D eigenvalue weighted by atomic mass is 32.1. The summed E-state index contributed by atoms with van der Waals surface area (Å²) in [6, 6.07) is 0. The van der Waals surface area contributed by atoms with Crippen molar-refractivity contribution in [3.05, 3.63) is 16.1 Å². The van der Waals surface area contributed by atoms with Gasteiger partial charge >= 0.3 is 5.97 Å². The fourth-order valence-electron chi connectivity index (χ4n) is 0.884. The Morgan fingerprint density at radius 1 is 1.77 bits per heavy atom. The number of rotatable bonds is 5. The Kier molecular flexibility index (Phi) is 3.85. The summed E-state index contributed by atoms with van der Waals surface area (Å²) >= 11 is 1.43. The Morgan fingerprint density at radius 2 is 2.54 bits per heavy atom. The fourth-order valence-corrected chi connectivity index (χ4v) is 1.78. The predicted octanol–water partition coefficient (Wildman–Crippen LogP) is 0.959. The Labute approximate surface area is 80.2 Å². The molecule has 13 heavy (non-hydrogen) atoms. The number of aliphatic carboxylic acids is 1. The van der Waals surface area contributed by atoms with E-state index in [2.05, 4.69) is 4.98 Å². The molecule has 0 spiro atoms. The third-order valence-electron chi connectivity index (χ3n) is 1.45. The molecule has 1 rings (SSSR count). The summed E-state index contributed by atoms with van der Waals surface area (Å²) in [7, 11) is 1.63. The summed E-state index contributed by atoms with van der Waals surface area (Å²) in [5.74, 6) is -0.818. The molecule has 4 nitrogen and oxygen atoms in total. The maximum Gasteiger partial charge on any atom is 0.308 e. The van der Waals surface area contributed by atoms with Crippen LogP contribution in [-0.4, -0.2) is 29.8 Å². The normalized spacial score (nSPS) is 10.2. The second kappa shape index (κ2) is 4.94. The summed E-state index contributed by atoms with van der Waals surface area (Å²) in [6.07, 6.45) is 2.43. The van der Waals surface area contributed by atoms with Gasteiger partial charge in [-0.3, -0.25) is 4.79 Å². The maximum atomic E-state index is 10.3. The Morgan fingerprint density at radius 3 is 3.15 bits per heavy atom. The molecule has 0 aliphatic carbocycles. The van der Waals surface area contributed by atoms with Gasteiger partial charge in [-0.1, -0.05) is 0 Å². The van der Waals surface area contributed by atoms with E-state index in [-0.39, 0.29) is 6.42 Å². The zero-order chi connectivity index (χ0) is 9.68. The average molecular weight is 201 g/mol. The molecule has 1 aromatic rings. The molecule has 5 heteroatoms. The van der Waals surface area contributed by atoms with Crippen molar-refractivity contribution in [1.82, 2.24) is 4.98 Å². The van der Waals surface area contributed by atoms with Crippen molar-refractivity contribution >= 4 is 17.3 Å². The lowest BCUT2D eigenvalue weighted by Gasteiger charge is -1.92. The standard InChI is InChI=1S/C8H11NO3S/c1-12-3-2-7-9-5-6(13-7)4-8(10)11/h5H,2-4H2,1H3,(H,10,11). The van der Waals surface area contributed by atoms with E-state index in [1.165, 1.54) is 11.3 Å². The Hall–Kier alpha value is -0.940. The van der Waals surface area contributed by atoms with Crippen LogP contribution in [0.5, 0.6) is 0 Å². The van der Waals surface area contributed by atoms with Gasteiger partial charge in [0.2, 0.25) is 0 Å². The molecule has 0 bridgehead atoms. The minimum Gasteiger partial charge on any atom is -0.481 e. The van der Waals surface area contributed by atoms with Gasteiger partial charge < -0.3 is 9.84 Å². The first-order valence-electron chi connectivity index (χ1n) is 3.86. The van der Waals surface area contributed by atoms with Gasteiger partial charge in [0, 0.05) is 24.6 Å². The van der Waals surface area contributed by atoms with Crippen LogP contribution < -0.4 is 0 Å². The van der Waals surface area contributed by atoms with E-state index in [0.717, 1.165) is 16.3 Å². The smallest absolute Gasteiger partial charge is 0.308 e. The van der Waals surface area contributed by atoms with E-state index < -0.39 is 5.97 Å². The number of thiazole rings is 1. The van der Waals surface area contributed by atoms with Gasteiger partial charge in [0.15, 0.2) is 0 Å². The third kappa shape index (κ3) is 3.52. The molecule has 0 saturated carbocycles. The molecule has 0 atom stereocenters. The molecule has 1 N–H and O–H groups in total. The van der Waals surface area contributed by atoms with Crippen LogP contribution in [0.2, 0.25) is 0 Å². The summed E-state index contributed by atoms with van der Waals surface area (Å²) in [4.78, 5) is 15.2. The third-order valence-corrected chi connectivity index (χ3v) is 2.50. The minimum atomic E-state index is -0.818. The van der Waals surface area contributed by atoms with Crippen LogP contribution in [0.3, 0.4) is 0 Å². The van der Waals surface area contributed by atoms with Gasteiger partial charge in [0.25, 0.3) is 0 Å². The number of methoxy groups -OCH3 is 1. The molecule has 0 unspecified atom stereocenters. The van der Waals surface area contributed by atoms with E-state index in [1.54, 1.807) is 13.3 Å². The molecular weight excluding hydrogens is 190 g/mol. The van der Waals surface area contributed by atoms with Gasteiger partial charge in [0.05, 0.1) is 18.0 Å². The van der Waals surface area contributed by atoms with Crippen molar-refractivity contribution < 1.29 is 14.6 Å². The van der Waals surface area contributed by atoms with Crippen LogP contribution in [-0.2, 0) is 22.4 Å². The SMILES string of the molecule is COCCc1ncc(CC(=O)O)s1. The molecule has 0 amide bonds. The zero-order valence-electron chi connectivity index (χ0n) is 7.32. The van der Waals surface area contributed by atoms with Crippen LogP contribution in [0.1, 0.15) is 9.88 Å². The van der Waals surface area contributed by atoms with E-state index in [0.29, 0.717) is 6.61 Å². The van der Waals surface area contributed by atoms with Crippen LogP contribution in [0.25, 0.3) is 0 Å². The number of aromatic nitrogens is 1. The number of carboxylic acids is 1. The quantitative estimate of drug-likeness (QED) is 0.770. The molecule has 0 aliphatic rings. The second-order valence-electron chi connectivity index (χ2n) is 2.53. The van der Waals surface area contributed by atoms with Crippen molar-refractivity contribution in [2.45, 2.75) is 12.8 Å². The number of hydrogen-bond acceptors (Lipinski definition) is 4. The number of hydrogen-bond donors (Lipinski definition) is 1. The molecule has 0 aliphatic heterocycles.